The van der Waals surface area contributed by atoms with Crippen molar-refractivity contribution in [3.05, 3.63) is 41.7 Å². The molecule has 1 N–H and O–H groups in total. The van der Waals surface area contributed by atoms with E-state index in [9.17, 15) is 4.79 Å². The predicted molar refractivity (Wildman–Crippen MR) is 112 cm³/mol. The molecule has 0 aliphatic carbocycles. The zero-order chi connectivity index (χ0) is 20.5. The summed E-state index contributed by atoms with van der Waals surface area (Å²) >= 11 is 1.37. The summed E-state index contributed by atoms with van der Waals surface area (Å²) in [6, 6.07) is 9.59. The van der Waals surface area contributed by atoms with E-state index in [4.69, 9.17) is 9.26 Å². The first-order valence-electron chi connectivity index (χ1n) is 9.23. The summed E-state index contributed by atoms with van der Waals surface area (Å²) in [5.41, 5.74) is 2.77. The number of nitrogens with one attached hydrogen (secondary N) is 1. The Morgan fingerprint density at radius 1 is 1.28 bits per heavy atom. The molecule has 0 aliphatic rings. The molecule has 0 spiro atoms. The zero-order valence-electron chi connectivity index (χ0n) is 16.6. The van der Waals surface area contributed by atoms with Crippen LogP contribution in [-0.4, -0.2) is 38.0 Å². The largest absolute Gasteiger partial charge is 0.497 e. The van der Waals surface area contributed by atoms with Gasteiger partial charge in [0, 0.05) is 17.5 Å². The monoisotopic (exact) mass is 411 g/mol. The van der Waals surface area contributed by atoms with Crippen molar-refractivity contribution >= 4 is 40.0 Å². The predicted octanol–water partition coefficient (Wildman–Crippen LogP) is 4.01. The van der Waals surface area contributed by atoms with Gasteiger partial charge in [0.1, 0.15) is 11.5 Å². The Morgan fingerprint density at radius 3 is 2.79 bits per heavy atom. The number of pyridine rings is 1. The van der Waals surface area contributed by atoms with Crippen LogP contribution < -0.4 is 10.1 Å². The topological polar surface area (TPSA) is 94.5 Å². The third kappa shape index (κ3) is 3.65. The van der Waals surface area contributed by atoms with Gasteiger partial charge in [-0.2, -0.15) is 0 Å². The Morgan fingerprint density at radius 2 is 2.10 bits per heavy atom. The van der Waals surface area contributed by atoms with Crippen molar-refractivity contribution in [3.63, 3.8) is 0 Å². The minimum Gasteiger partial charge on any atom is -0.497 e. The molecular weight excluding hydrogens is 390 g/mol. The number of carbonyl (C=O) groups is 1. The fourth-order valence-corrected chi connectivity index (χ4v) is 4.16. The van der Waals surface area contributed by atoms with Crippen molar-refractivity contribution in [1.82, 2.24) is 19.8 Å². The Labute approximate surface area is 171 Å². The van der Waals surface area contributed by atoms with E-state index in [-0.39, 0.29) is 11.2 Å². The standard InChI is InChI=1S/C20H21N5O3S/c1-5-16(19(26)21-17-9-12(3)28-24-17)29-20-23-22-18-8-11(2)14-7-6-13(27-4)10-15(14)25(18)20/h6-10,16H,5H2,1-4H3,(H,21,24,26). The van der Waals surface area contributed by atoms with Crippen LogP contribution >= 0.6 is 11.8 Å². The van der Waals surface area contributed by atoms with Gasteiger partial charge >= 0.3 is 0 Å². The minimum atomic E-state index is -0.360. The van der Waals surface area contributed by atoms with Crippen LogP contribution in [0, 0.1) is 13.8 Å². The molecule has 3 heterocycles. The number of carbonyl (C=O) groups excluding carboxylic acids is 1. The molecular formula is C20H21N5O3S. The van der Waals surface area contributed by atoms with Gasteiger partial charge in [-0.15, -0.1) is 10.2 Å². The molecule has 0 saturated heterocycles. The van der Waals surface area contributed by atoms with E-state index in [1.54, 1.807) is 20.1 Å². The lowest BCUT2D eigenvalue weighted by atomic mass is 10.1. The number of fused-ring (bicyclic) bond motifs is 3. The second-order valence-electron chi connectivity index (χ2n) is 6.71. The highest BCUT2D eigenvalue weighted by molar-refractivity contribution is 8.00. The number of methoxy groups -OCH3 is 1. The molecule has 150 valence electrons. The van der Waals surface area contributed by atoms with E-state index < -0.39 is 0 Å². The SMILES string of the molecule is CCC(Sc1nnc2cc(C)c3ccc(OC)cc3n12)C(=O)Nc1cc(C)on1. The van der Waals surface area contributed by atoms with Crippen molar-refractivity contribution in [2.45, 2.75) is 37.6 Å². The zero-order valence-corrected chi connectivity index (χ0v) is 17.4. The van der Waals surface area contributed by atoms with Gasteiger partial charge in [-0.25, -0.2) is 0 Å². The maximum atomic E-state index is 12.7. The van der Waals surface area contributed by atoms with Crippen LogP contribution in [0.1, 0.15) is 24.7 Å². The molecule has 0 saturated carbocycles. The molecule has 0 fully saturated rings. The lowest BCUT2D eigenvalue weighted by Crippen LogP contribution is -2.25. The van der Waals surface area contributed by atoms with Crippen LogP contribution in [0.3, 0.4) is 0 Å². The Hall–Kier alpha value is -3.07. The smallest absolute Gasteiger partial charge is 0.239 e. The van der Waals surface area contributed by atoms with Crippen molar-refractivity contribution in [3.8, 4) is 5.75 Å². The molecule has 1 unspecified atom stereocenters. The van der Waals surface area contributed by atoms with Gasteiger partial charge < -0.3 is 14.6 Å². The van der Waals surface area contributed by atoms with Gasteiger partial charge in [0.05, 0.1) is 17.9 Å². The minimum absolute atomic E-state index is 0.156. The molecule has 29 heavy (non-hydrogen) atoms. The van der Waals surface area contributed by atoms with Crippen LogP contribution in [0.4, 0.5) is 5.82 Å². The number of thioether (sulfide) groups is 1. The maximum Gasteiger partial charge on any atom is 0.239 e. The van der Waals surface area contributed by atoms with Crippen LogP contribution in [0.5, 0.6) is 5.75 Å². The number of rotatable bonds is 6. The van der Waals surface area contributed by atoms with Gasteiger partial charge in [-0.3, -0.25) is 9.20 Å². The summed E-state index contributed by atoms with van der Waals surface area (Å²) < 4.78 is 12.4. The van der Waals surface area contributed by atoms with E-state index in [0.717, 1.165) is 27.9 Å². The normalized spacial score (nSPS) is 12.4. The van der Waals surface area contributed by atoms with Gasteiger partial charge in [0.15, 0.2) is 16.6 Å². The Bertz CT molecular complexity index is 1200. The van der Waals surface area contributed by atoms with E-state index in [1.807, 2.05) is 42.5 Å². The van der Waals surface area contributed by atoms with Crippen molar-refractivity contribution in [2.24, 2.45) is 0 Å². The van der Waals surface area contributed by atoms with E-state index in [2.05, 4.69) is 20.7 Å². The second kappa shape index (κ2) is 7.75. The third-order valence-corrected chi connectivity index (χ3v) is 5.97. The van der Waals surface area contributed by atoms with Crippen molar-refractivity contribution in [2.75, 3.05) is 12.4 Å². The number of hydrogen-bond donors (Lipinski definition) is 1. The van der Waals surface area contributed by atoms with Gasteiger partial charge in [0.2, 0.25) is 5.91 Å². The summed E-state index contributed by atoms with van der Waals surface area (Å²) in [6.45, 7) is 5.77. The first-order chi connectivity index (χ1) is 14.0. The molecule has 4 aromatic rings. The van der Waals surface area contributed by atoms with Crippen molar-refractivity contribution < 1.29 is 14.1 Å². The number of nitrogens with zero attached hydrogens (tertiary/aromatic N) is 4. The first-order valence-corrected chi connectivity index (χ1v) is 10.1. The highest BCUT2D eigenvalue weighted by Crippen LogP contribution is 2.31. The second-order valence-corrected chi connectivity index (χ2v) is 7.88. The molecule has 8 nitrogen and oxygen atoms in total. The average Bonchev–Trinajstić information content (AvgIpc) is 3.31. The highest BCUT2D eigenvalue weighted by atomic mass is 32.2. The number of aryl methyl sites for hydroxylation is 2. The molecule has 0 bridgehead atoms. The van der Waals surface area contributed by atoms with Gasteiger partial charge in [-0.05, 0) is 44.0 Å². The molecule has 1 atom stereocenters. The number of amides is 1. The first kappa shape index (κ1) is 19.3. The molecule has 4 rings (SSSR count). The summed E-state index contributed by atoms with van der Waals surface area (Å²) in [7, 11) is 1.64. The van der Waals surface area contributed by atoms with Crippen LogP contribution in [-0.2, 0) is 4.79 Å². The van der Waals surface area contributed by atoms with Crippen molar-refractivity contribution in [1.29, 1.82) is 0 Å². The van der Waals surface area contributed by atoms with E-state index in [0.29, 0.717) is 23.2 Å². The van der Waals surface area contributed by atoms with E-state index in [1.165, 1.54) is 11.8 Å². The molecule has 0 aliphatic heterocycles. The van der Waals surface area contributed by atoms with Gasteiger partial charge in [-0.1, -0.05) is 23.8 Å². The number of aromatic nitrogens is 4. The van der Waals surface area contributed by atoms with Crippen LogP contribution in [0.2, 0.25) is 0 Å². The van der Waals surface area contributed by atoms with E-state index >= 15 is 0 Å². The number of anilines is 1. The summed E-state index contributed by atoms with van der Waals surface area (Å²) in [5.74, 6) is 1.64. The molecule has 3 aromatic heterocycles. The fraction of sp³-hybridized carbons (Fsp3) is 0.300. The molecule has 0 radical (unpaired) electrons. The summed E-state index contributed by atoms with van der Waals surface area (Å²) in [4.78, 5) is 12.7. The van der Waals surface area contributed by atoms with Crippen LogP contribution in [0.15, 0.2) is 40.0 Å². The lowest BCUT2D eigenvalue weighted by molar-refractivity contribution is -0.115. The quantitative estimate of drug-likeness (QED) is 0.479. The number of ether oxygens (including phenoxy) is 1. The Kier molecular flexibility index (Phi) is 5.14. The summed E-state index contributed by atoms with van der Waals surface area (Å²) in [6.07, 6.45) is 0.620. The highest BCUT2D eigenvalue weighted by Gasteiger charge is 2.23. The van der Waals surface area contributed by atoms with Crippen LogP contribution in [0.25, 0.3) is 16.6 Å². The number of benzene rings is 1. The summed E-state index contributed by atoms with van der Waals surface area (Å²) in [5, 5.41) is 16.6. The third-order valence-electron chi connectivity index (χ3n) is 4.66. The Balaban J connectivity index is 1.71. The maximum absolute atomic E-state index is 12.7. The van der Waals surface area contributed by atoms with Gasteiger partial charge in [0.25, 0.3) is 0 Å². The fourth-order valence-electron chi connectivity index (χ4n) is 3.19. The molecule has 1 amide bonds. The molecule has 9 heteroatoms. The molecule has 1 aromatic carbocycles. The number of hydrogen-bond acceptors (Lipinski definition) is 7. The average molecular weight is 411 g/mol. The lowest BCUT2D eigenvalue weighted by Gasteiger charge is -2.13.